The number of fused-ring (bicyclic) bond motifs is 1. The second-order valence-electron chi connectivity index (χ2n) is 3.57. The van der Waals surface area contributed by atoms with E-state index in [2.05, 4.69) is 59.9 Å². The Kier molecular flexibility index (Phi) is 3.15. The predicted molar refractivity (Wildman–Crippen MR) is 66.9 cm³/mol. The van der Waals surface area contributed by atoms with Crippen LogP contribution >= 0.6 is 0 Å². The predicted octanol–water partition coefficient (Wildman–Crippen LogP) is 3.07. The van der Waals surface area contributed by atoms with E-state index in [1.807, 2.05) is 7.05 Å². The molecule has 0 radical (unpaired) electrons. The maximum atomic E-state index is 3.09. The normalized spacial score (nSPS) is 11.3. The zero-order valence-corrected chi connectivity index (χ0v) is 8.90. The summed E-state index contributed by atoms with van der Waals surface area (Å²) in [7, 11) is 1.95. The highest BCUT2D eigenvalue weighted by molar-refractivity contribution is 5.84. The molecule has 0 amide bonds. The smallest absolute Gasteiger partial charge is 0.0135 e. The van der Waals surface area contributed by atoms with Crippen LogP contribution in [0.2, 0.25) is 0 Å². The second kappa shape index (κ2) is 4.76. The summed E-state index contributed by atoms with van der Waals surface area (Å²) in [6.45, 7) is 0.910. The highest BCUT2D eigenvalue weighted by atomic mass is 14.8. The molecular weight excluding hydrogens is 182 g/mol. The molecule has 15 heavy (non-hydrogen) atoms. The second-order valence-corrected chi connectivity index (χ2v) is 3.57. The first-order chi connectivity index (χ1) is 7.40. The first-order valence-corrected chi connectivity index (χ1v) is 5.20. The molecule has 1 N–H and O–H groups in total. The maximum absolute atomic E-state index is 3.09. The van der Waals surface area contributed by atoms with Crippen LogP contribution < -0.4 is 5.32 Å². The number of rotatable bonds is 3. The van der Waals surface area contributed by atoms with Gasteiger partial charge >= 0.3 is 0 Å². The van der Waals surface area contributed by atoms with Gasteiger partial charge in [0.2, 0.25) is 0 Å². The van der Waals surface area contributed by atoms with E-state index in [1.165, 1.54) is 16.3 Å². The third kappa shape index (κ3) is 2.45. The monoisotopic (exact) mass is 197 g/mol. The Morgan fingerprint density at radius 1 is 1.07 bits per heavy atom. The molecular formula is C14H15N. The molecule has 0 saturated carbocycles. The fraction of sp³-hybridized carbons (Fsp3) is 0.143. The fourth-order valence-corrected chi connectivity index (χ4v) is 1.62. The number of benzene rings is 2. The van der Waals surface area contributed by atoms with Crippen LogP contribution in [0.3, 0.4) is 0 Å². The van der Waals surface area contributed by atoms with Crippen LogP contribution in [0, 0.1) is 0 Å². The van der Waals surface area contributed by atoms with E-state index < -0.39 is 0 Å². The van der Waals surface area contributed by atoms with Gasteiger partial charge < -0.3 is 5.32 Å². The minimum Gasteiger partial charge on any atom is -0.316 e. The summed E-state index contributed by atoms with van der Waals surface area (Å²) in [6, 6.07) is 14.9. The standard InChI is InChI=1S/C14H15N/c1-15-10-4-5-12-8-9-13-6-2-3-7-14(13)11-12/h2-9,11,15H,10H2,1H3. The van der Waals surface area contributed by atoms with Crippen molar-refractivity contribution in [1.29, 1.82) is 0 Å². The lowest BCUT2D eigenvalue weighted by Gasteiger charge is -1.99. The van der Waals surface area contributed by atoms with Gasteiger partial charge in [-0.3, -0.25) is 0 Å². The lowest BCUT2D eigenvalue weighted by molar-refractivity contribution is 0.922. The molecule has 0 spiro atoms. The molecule has 0 bridgehead atoms. The van der Waals surface area contributed by atoms with Gasteiger partial charge in [-0.1, -0.05) is 48.6 Å². The number of hydrogen-bond acceptors (Lipinski definition) is 1. The molecule has 0 saturated heterocycles. The topological polar surface area (TPSA) is 12.0 Å². The molecule has 0 unspecified atom stereocenters. The van der Waals surface area contributed by atoms with Crippen molar-refractivity contribution in [2.24, 2.45) is 0 Å². The summed E-state index contributed by atoms with van der Waals surface area (Å²) < 4.78 is 0. The minimum atomic E-state index is 0.910. The Morgan fingerprint density at radius 2 is 1.87 bits per heavy atom. The fourth-order valence-electron chi connectivity index (χ4n) is 1.62. The van der Waals surface area contributed by atoms with Crippen molar-refractivity contribution in [3.63, 3.8) is 0 Å². The van der Waals surface area contributed by atoms with Crippen molar-refractivity contribution in [2.45, 2.75) is 0 Å². The number of likely N-dealkylation sites (N-methyl/N-ethyl adjacent to an activating group) is 1. The van der Waals surface area contributed by atoms with Crippen LogP contribution in [-0.4, -0.2) is 13.6 Å². The summed E-state index contributed by atoms with van der Waals surface area (Å²) in [5.74, 6) is 0. The molecule has 2 aromatic rings. The third-order valence-electron chi connectivity index (χ3n) is 2.41. The van der Waals surface area contributed by atoms with Gasteiger partial charge in [0.05, 0.1) is 0 Å². The van der Waals surface area contributed by atoms with Crippen molar-refractivity contribution in [3.05, 3.63) is 54.1 Å². The van der Waals surface area contributed by atoms with Crippen molar-refractivity contribution >= 4 is 16.8 Å². The molecule has 2 rings (SSSR count). The van der Waals surface area contributed by atoms with E-state index in [9.17, 15) is 0 Å². The van der Waals surface area contributed by atoms with Gasteiger partial charge in [0.25, 0.3) is 0 Å². The summed E-state index contributed by atoms with van der Waals surface area (Å²) in [5, 5.41) is 5.68. The van der Waals surface area contributed by atoms with Crippen LogP contribution in [0.1, 0.15) is 5.56 Å². The van der Waals surface area contributed by atoms with Gasteiger partial charge in [-0.05, 0) is 29.4 Å². The third-order valence-corrected chi connectivity index (χ3v) is 2.41. The van der Waals surface area contributed by atoms with Crippen LogP contribution in [0.15, 0.2) is 48.5 Å². The van der Waals surface area contributed by atoms with Crippen LogP contribution in [-0.2, 0) is 0 Å². The minimum absolute atomic E-state index is 0.910. The molecule has 1 heteroatoms. The summed E-state index contributed by atoms with van der Waals surface area (Å²) in [4.78, 5) is 0. The first-order valence-electron chi connectivity index (χ1n) is 5.20. The Balaban J connectivity index is 2.30. The molecule has 0 atom stereocenters. The van der Waals surface area contributed by atoms with Crippen LogP contribution in [0.25, 0.3) is 16.8 Å². The van der Waals surface area contributed by atoms with Gasteiger partial charge in [-0.25, -0.2) is 0 Å². The zero-order valence-electron chi connectivity index (χ0n) is 8.90. The highest BCUT2D eigenvalue weighted by Crippen LogP contribution is 2.16. The Labute approximate surface area is 90.4 Å². The van der Waals surface area contributed by atoms with Crippen molar-refractivity contribution in [1.82, 2.24) is 5.32 Å². The van der Waals surface area contributed by atoms with E-state index in [1.54, 1.807) is 0 Å². The summed E-state index contributed by atoms with van der Waals surface area (Å²) >= 11 is 0. The lowest BCUT2D eigenvalue weighted by Crippen LogP contribution is -2.03. The van der Waals surface area contributed by atoms with E-state index in [0.29, 0.717) is 0 Å². The van der Waals surface area contributed by atoms with Gasteiger partial charge in [-0.2, -0.15) is 0 Å². The molecule has 0 aliphatic heterocycles. The van der Waals surface area contributed by atoms with Gasteiger partial charge in [-0.15, -0.1) is 0 Å². The molecule has 0 heterocycles. The Bertz CT molecular complexity index is 471. The van der Waals surface area contributed by atoms with E-state index >= 15 is 0 Å². The van der Waals surface area contributed by atoms with Crippen LogP contribution in [0.5, 0.6) is 0 Å². The average molecular weight is 197 g/mol. The lowest BCUT2D eigenvalue weighted by atomic mass is 10.1. The van der Waals surface area contributed by atoms with Crippen molar-refractivity contribution < 1.29 is 0 Å². The molecule has 0 fully saturated rings. The molecule has 1 nitrogen and oxygen atoms in total. The number of nitrogens with one attached hydrogen (secondary N) is 1. The average Bonchev–Trinajstić information content (AvgIpc) is 2.29. The van der Waals surface area contributed by atoms with Gasteiger partial charge in [0, 0.05) is 6.54 Å². The van der Waals surface area contributed by atoms with Crippen molar-refractivity contribution in [3.8, 4) is 0 Å². The van der Waals surface area contributed by atoms with E-state index in [0.717, 1.165) is 6.54 Å². The highest BCUT2D eigenvalue weighted by Gasteiger charge is 1.91. The van der Waals surface area contributed by atoms with Gasteiger partial charge in [0.1, 0.15) is 0 Å². The Morgan fingerprint density at radius 3 is 2.67 bits per heavy atom. The first kappa shape index (κ1) is 9.94. The number of hydrogen-bond donors (Lipinski definition) is 1. The van der Waals surface area contributed by atoms with E-state index in [4.69, 9.17) is 0 Å². The Hall–Kier alpha value is -1.60. The largest absolute Gasteiger partial charge is 0.316 e. The molecule has 0 aliphatic rings. The van der Waals surface area contributed by atoms with E-state index in [-0.39, 0.29) is 0 Å². The summed E-state index contributed by atoms with van der Waals surface area (Å²) in [6.07, 6.45) is 4.27. The maximum Gasteiger partial charge on any atom is 0.0135 e. The molecule has 2 aromatic carbocycles. The molecule has 0 aromatic heterocycles. The van der Waals surface area contributed by atoms with Crippen LogP contribution in [0.4, 0.5) is 0 Å². The molecule has 0 aliphatic carbocycles. The van der Waals surface area contributed by atoms with Crippen molar-refractivity contribution in [2.75, 3.05) is 13.6 Å². The van der Waals surface area contributed by atoms with Gasteiger partial charge in [0.15, 0.2) is 0 Å². The summed E-state index contributed by atoms with van der Waals surface area (Å²) in [5.41, 5.74) is 1.25. The molecule has 76 valence electrons. The quantitative estimate of drug-likeness (QED) is 0.797. The zero-order chi connectivity index (χ0) is 10.5. The SMILES string of the molecule is CNCC=Cc1ccc2ccccc2c1.